The van der Waals surface area contributed by atoms with Crippen LogP contribution in [0, 0.1) is 0 Å². The number of amides is 2. The molecule has 0 saturated carbocycles. The predicted octanol–water partition coefficient (Wildman–Crippen LogP) is 1.87. The molecule has 10 nitrogen and oxygen atoms in total. The molecular formula is C26H37N5O5S. The van der Waals surface area contributed by atoms with Gasteiger partial charge in [-0.3, -0.25) is 19.4 Å². The zero-order valence-corrected chi connectivity index (χ0v) is 22.1. The van der Waals surface area contributed by atoms with Gasteiger partial charge in [-0.2, -0.15) is 0 Å². The molecule has 202 valence electrons. The summed E-state index contributed by atoms with van der Waals surface area (Å²) in [5.74, 6) is -0.344. The van der Waals surface area contributed by atoms with E-state index in [1.165, 1.54) is 0 Å². The highest BCUT2D eigenvalue weighted by Crippen LogP contribution is 2.25. The van der Waals surface area contributed by atoms with Crippen LogP contribution in [0.15, 0.2) is 39.8 Å². The Balaban J connectivity index is 1.33. The van der Waals surface area contributed by atoms with E-state index in [2.05, 4.69) is 25.6 Å². The molecule has 0 unspecified atom stereocenters. The first kappa shape index (κ1) is 27.6. The third-order valence-electron chi connectivity index (χ3n) is 6.40. The number of rotatable bonds is 13. The summed E-state index contributed by atoms with van der Waals surface area (Å²) in [6.07, 6.45) is 1.62. The van der Waals surface area contributed by atoms with Crippen LogP contribution < -0.4 is 10.6 Å². The molecule has 2 fully saturated rings. The number of hydrogen-bond donors (Lipinski definition) is 2. The van der Waals surface area contributed by atoms with Crippen molar-refractivity contribution in [3.63, 3.8) is 0 Å². The molecule has 0 spiro atoms. The first-order valence-electron chi connectivity index (χ1n) is 13.0. The monoisotopic (exact) mass is 531 g/mol. The van der Waals surface area contributed by atoms with Crippen LogP contribution in [-0.4, -0.2) is 106 Å². The number of ether oxygens (including phenoxy) is 2. The van der Waals surface area contributed by atoms with Crippen molar-refractivity contribution in [1.29, 1.82) is 0 Å². The molecule has 2 saturated heterocycles. The molecule has 2 N–H and O–H groups in total. The van der Waals surface area contributed by atoms with Crippen LogP contribution in [0.1, 0.15) is 39.4 Å². The van der Waals surface area contributed by atoms with Crippen molar-refractivity contribution in [2.75, 3.05) is 78.8 Å². The zero-order valence-electron chi connectivity index (χ0n) is 21.3. The van der Waals surface area contributed by atoms with Gasteiger partial charge in [0.15, 0.2) is 0 Å². The van der Waals surface area contributed by atoms with Crippen molar-refractivity contribution in [2.24, 2.45) is 0 Å². The standard InChI is InChI=1S/C26H37N5O5S/c32-25(27-8-4-10-30-12-16-34-17-13-30)23-22(20-37-21-6-2-1-3-7-21)29-36-24(23)26(33)28-9-5-11-31-14-18-35-19-15-31/h1-3,6-7H,4-5,8-20H2,(H,27,32)(H,28,33). The number of benzene rings is 1. The van der Waals surface area contributed by atoms with Gasteiger partial charge < -0.3 is 24.6 Å². The highest BCUT2D eigenvalue weighted by molar-refractivity contribution is 7.98. The Hall–Kier alpha value is -2.44. The maximum Gasteiger partial charge on any atom is 0.290 e. The summed E-state index contributed by atoms with van der Waals surface area (Å²) in [7, 11) is 0. The van der Waals surface area contributed by atoms with Crippen LogP contribution in [-0.2, 0) is 15.2 Å². The normalized spacial score (nSPS) is 17.0. The molecule has 2 aromatic rings. The summed E-state index contributed by atoms with van der Waals surface area (Å²) >= 11 is 1.55. The molecule has 11 heteroatoms. The van der Waals surface area contributed by atoms with Gasteiger partial charge in [-0.25, -0.2) is 0 Å². The van der Waals surface area contributed by atoms with Gasteiger partial charge in [-0.05, 0) is 38.1 Å². The lowest BCUT2D eigenvalue weighted by molar-refractivity contribution is 0.0373. The van der Waals surface area contributed by atoms with Gasteiger partial charge in [0.25, 0.3) is 11.8 Å². The van der Waals surface area contributed by atoms with E-state index in [9.17, 15) is 9.59 Å². The van der Waals surface area contributed by atoms with Gasteiger partial charge >= 0.3 is 0 Å². The van der Waals surface area contributed by atoms with Crippen LogP contribution in [0.3, 0.4) is 0 Å². The molecule has 0 atom stereocenters. The minimum absolute atomic E-state index is 0.0271. The Bertz CT molecular complexity index is 977. The Morgan fingerprint density at radius 2 is 1.41 bits per heavy atom. The topological polar surface area (TPSA) is 109 Å². The second-order valence-corrected chi connectivity index (χ2v) is 10.1. The van der Waals surface area contributed by atoms with E-state index in [1.54, 1.807) is 11.8 Å². The van der Waals surface area contributed by atoms with E-state index < -0.39 is 5.91 Å². The fraction of sp³-hybridized carbons (Fsp3) is 0.577. The third kappa shape index (κ3) is 8.82. The number of nitrogens with one attached hydrogen (secondary N) is 2. The highest BCUT2D eigenvalue weighted by Gasteiger charge is 2.27. The van der Waals surface area contributed by atoms with Crippen molar-refractivity contribution in [3.05, 3.63) is 47.3 Å². The van der Waals surface area contributed by atoms with Crippen LogP contribution in [0.2, 0.25) is 0 Å². The Labute approximate surface area is 222 Å². The van der Waals surface area contributed by atoms with Crippen molar-refractivity contribution in [2.45, 2.75) is 23.5 Å². The zero-order chi connectivity index (χ0) is 25.7. The number of nitrogens with zero attached hydrogens (tertiary/aromatic N) is 3. The van der Waals surface area contributed by atoms with Crippen LogP contribution in [0.5, 0.6) is 0 Å². The Morgan fingerprint density at radius 1 is 0.838 bits per heavy atom. The summed E-state index contributed by atoms with van der Waals surface area (Å²) in [6.45, 7) is 9.42. The van der Waals surface area contributed by atoms with Crippen molar-refractivity contribution in [3.8, 4) is 0 Å². The molecule has 1 aromatic heterocycles. The van der Waals surface area contributed by atoms with E-state index >= 15 is 0 Å². The number of carbonyl (C=O) groups is 2. The molecule has 2 amide bonds. The van der Waals surface area contributed by atoms with E-state index in [0.717, 1.165) is 83.4 Å². The van der Waals surface area contributed by atoms with Crippen LogP contribution in [0.25, 0.3) is 0 Å². The van der Waals surface area contributed by atoms with Crippen LogP contribution >= 0.6 is 11.8 Å². The lowest BCUT2D eigenvalue weighted by Crippen LogP contribution is -2.38. The quantitative estimate of drug-likeness (QED) is 0.296. The number of aromatic nitrogens is 1. The Morgan fingerprint density at radius 3 is 2.00 bits per heavy atom. The van der Waals surface area contributed by atoms with E-state index in [1.807, 2.05) is 30.3 Å². The molecule has 2 aliphatic heterocycles. The molecule has 1 aromatic carbocycles. The van der Waals surface area contributed by atoms with Gasteiger partial charge in [0, 0.05) is 49.9 Å². The molecular weight excluding hydrogens is 494 g/mol. The smallest absolute Gasteiger partial charge is 0.290 e. The fourth-order valence-electron chi connectivity index (χ4n) is 4.31. The molecule has 37 heavy (non-hydrogen) atoms. The maximum atomic E-state index is 13.2. The van der Waals surface area contributed by atoms with Gasteiger partial charge in [-0.15, -0.1) is 11.8 Å². The molecule has 4 rings (SSSR count). The molecule has 0 aliphatic carbocycles. The van der Waals surface area contributed by atoms with Crippen LogP contribution in [0.4, 0.5) is 0 Å². The largest absolute Gasteiger partial charge is 0.379 e. The minimum atomic E-state index is -0.413. The second-order valence-electron chi connectivity index (χ2n) is 9.06. The average molecular weight is 532 g/mol. The lowest BCUT2D eigenvalue weighted by Gasteiger charge is -2.26. The summed E-state index contributed by atoms with van der Waals surface area (Å²) in [5, 5.41) is 9.97. The average Bonchev–Trinajstić information content (AvgIpc) is 3.38. The number of morpholine rings is 2. The number of hydrogen-bond acceptors (Lipinski definition) is 9. The lowest BCUT2D eigenvalue weighted by atomic mass is 10.1. The van der Waals surface area contributed by atoms with Crippen molar-refractivity contribution >= 4 is 23.6 Å². The molecule has 3 heterocycles. The number of carbonyl (C=O) groups excluding carboxylic acids is 2. The SMILES string of the molecule is O=C(NCCCN1CCOCC1)c1onc(CSc2ccccc2)c1C(=O)NCCCN1CCOCC1. The van der Waals surface area contributed by atoms with Crippen molar-refractivity contribution < 1.29 is 23.6 Å². The van der Waals surface area contributed by atoms with Gasteiger partial charge in [0.2, 0.25) is 5.76 Å². The first-order valence-corrected chi connectivity index (χ1v) is 14.0. The van der Waals surface area contributed by atoms with Gasteiger partial charge in [0.1, 0.15) is 11.3 Å². The highest BCUT2D eigenvalue weighted by atomic mass is 32.2. The Kier molecular flexibility index (Phi) is 11.3. The molecule has 0 bridgehead atoms. The van der Waals surface area contributed by atoms with E-state index in [-0.39, 0.29) is 17.2 Å². The molecule has 2 aliphatic rings. The second kappa shape index (κ2) is 15.1. The van der Waals surface area contributed by atoms with Gasteiger partial charge in [0.05, 0.1) is 26.4 Å². The molecule has 0 radical (unpaired) electrons. The summed E-state index contributed by atoms with van der Waals surface area (Å²) in [6, 6.07) is 9.87. The summed E-state index contributed by atoms with van der Waals surface area (Å²) < 4.78 is 16.2. The first-order chi connectivity index (χ1) is 18.2. The predicted molar refractivity (Wildman–Crippen MR) is 141 cm³/mol. The summed E-state index contributed by atoms with van der Waals surface area (Å²) in [4.78, 5) is 31.9. The van der Waals surface area contributed by atoms with Crippen molar-refractivity contribution in [1.82, 2.24) is 25.6 Å². The minimum Gasteiger partial charge on any atom is -0.379 e. The fourth-order valence-corrected chi connectivity index (χ4v) is 5.16. The third-order valence-corrected chi connectivity index (χ3v) is 7.42. The maximum absolute atomic E-state index is 13.2. The number of thioether (sulfide) groups is 1. The summed E-state index contributed by atoms with van der Waals surface area (Å²) in [5.41, 5.74) is 0.693. The van der Waals surface area contributed by atoms with Gasteiger partial charge in [-0.1, -0.05) is 23.4 Å². The van der Waals surface area contributed by atoms with E-state index in [4.69, 9.17) is 14.0 Å². The van der Waals surface area contributed by atoms with E-state index in [0.29, 0.717) is 24.5 Å².